The Hall–Kier alpha value is -1.49. The number of fused-ring (bicyclic) bond motifs is 1. The molecule has 0 saturated heterocycles. The first-order chi connectivity index (χ1) is 7.66. The van der Waals surface area contributed by atoms with E-state index in [-0.39, 0.29) is 0 Å². The third kappa shape index (κ3) is 2.36. The molecule has 2 rings (SSSR count). The fourth-order valence-corrected chi connectivity index (χ4v) is 1.63. The number of carbonyl (C=O) groups is 1. The molecule has 0 spiro atoms. The summed E-state index contributed by atoms with van der Waals surface area (Å²) < 4.78 is 5.28. The summed E-state index contributed by atoms with van der Waals surface area (Å²) in [6, 6.07) is 0. The van der Waals surface area contributed by atoms with E-state index in [4.69, 9.17) is 9.84 Å². The number of nitrogens with zero attached hydrogens (tertiary/aromatic N) is 2. The van der Waals surface area contributed by atoms with Crippen molar-refractivity contribution >= 4 is 5.97 Å². The van der Waals surface area contributed by atoms with Crippen molar-refractivity contribution in [2.75, 3.05) is 6.61 Å². The summed E-state index contributed by atoms with van der Waals surface area (Å²) >= 11 is 0. The van der Waals surface area contributed by atoms with Gasteiger partial charge in [0.1, 0.15) is 5.82 Å². The lowest BCUT2D eigenvalue weighted by molar-refractivity contribution is -0.141. The van der Waals surface area contributed by atoms with Crippen molar-refractivity contribution in [1.29, 1.82) is 0 Å². The van der Waals surface area contributed by atoms with Gasteiger partial charge in [0.2, 0.25) is 0 Å². The Morgan fingerprint density at radius 2 is 2.50 bits per heavy atom. The maximum atomic E-state index is 10.7. The molecule has 0 saturated carbocycles. The second-order valence-corrected chi connectivity index (χ2v) is 4.00. The van der Waals surface area contributed by atoms with Crippen molar-refractivity contribution in [3.05, 3.63) is 23.3 Å². The molecular formula is C11H14N2O3. The van der Waals surface area contributed by atoms with Gasteiger partial charge in [-0.2, -0.15) is 0 Å². The molecule has 0 aromatic carbocycles. The summed E-state index contributed by atoms with van der Waals surface area (Å²) in [7, 11) is 0. The predicted octanol–water partition coefficient (Wildman–Crippen LogP) is 0.812. The Morgan fingerprint density at radius 3 is 3.25 bits per heavy atom. The van der Waals surface area contributed by atoms with Crippen molar-refractivity contribution in [3.8, 4) is 0 Å². The molecule has 86 valence electrons. The summed E-state index contributed by atoms with van der Waals surface area (Å²) in [5.41, 5.74) is 2.01. The van der Waals surface area contributed by atoms with E-state index in [0.717, 1.165) is 17.7 Å². The molecule has 0 aliphatic carbocycles. The summed E-state index contributed by atoms with van der Waals surface area (Å²) in [6.07, 6.45) is 2.90. The van der Waals surface area contributed by atoms with Crippen LogP contribution in [-0.2, 0) is 29.0 Å². The maximum absolute atomic E-state index is 10.7. The molecule has 0 fully saturated rings. The van der Waals surface area contributed by atoms with Gasteiger partial charge in [-0.1, -0.05) is 6.92 Å². The van der Waals surface area contributed by atoms with Crippen LogP contribution < -0.4 is 0 Å². The molecule has 1 aliphatic rings. The molecule has 1 atom stereocenters. The number of rotatable bonds is 3. The standard InChI is InChI=1S/C11H14N2O3/c1-7(11(14)15)4-10-12-5-8-6-16-3-2-9(8)13-10/h5,7H,2-4,6H2,1H3,(H,14,15). The molecule has 1 aliphatic heterocycles. The Bertz CT molecular complexity index is 406. The summed E-state index contributed by atoms with van der Waals surface area (Å²) in [6.45, 7) is 2.90. The molecule has 1 aromatic heterocycles. The second kappa shape index (κ2) is 4.57. The number of aliphatic carboxylic acids is 1. The Kier molecular flexibility index (Phi) is 3.14. The van der Waals surface area contributed by atoms with Crippen LogP contribution in [0.4, 0.5) is 0 Å². The van der Waals surface area contributed by atoms with Crippen LogP contribution in [0, 0.1) is 5.92 Å². The van der Waals surface area contributed by atoms with Crippen LogP contribution in [0.2, 0.25) is 0 Å². The first kappa shape index (κ1) is 11.0. The van der Waals surface area contributed by atoms with Crippen molar-refractivity contribution < 1.29 is 14.6 Å². The van der Waals surface area contributed by atoms with E-state index in [1.807, 2.05) is 0 Å². The summed E-state index contributed by atoms with van der Waals surface area (Å²) in [5.74, 6) is -0.655. The van der Waals surface area contributed by atoms with E-state index in [9.17, 15) is 4.79 Å². The van der Waals surface area contributed by atoms with E-state index >= 15 is 0 Å². The minimum absolute atomic E-state index is 0.378. The molecule has 2 heterocycles. The van der Waals surface area contributed by atoms with Gasteiger partial charge in [0, 0.05) is 24.6 Å². The molecule has 0 amide bonds. The fraction of sp³-hybridized carbons (Fsp3) is 0.545. The van der Waals surface area contributed by atoms with Crippen LogP contribution in [0.3, 0.4) is 0 Å². The van der Waals surface area contributed by atoms with E-state index in [1.54, 1.807) is 13.1 Å². The average Bonchev–Trinajstić information content (AvgIpc) is 2.28. The van der Waals surface area contributed by atoms with Crippen LogP contribution in [0.25, 0.3) is 0 Å². The molecule has 1 N–H and O–H groups in total. The summed E-state index contributed by atoms with van der Waals surface area (Å²) in [5, 5.41) is 8.81. The molecule has 16 heavy (non-hydrogen) atoms. The molecular weight excluding hydrogens is 208 g/mol. The van der Waals surface area contributed by atoms with Gasteiger partial charge in [0.05, 0.1) is 24.8 Å². The Balaban J connectivity index is 2.14. The van der Waals surface area contributed by atoms with Gasteiger partial charge in [-0.15, -0.1) is 0 Å². The van der Waals surface area contributed by atoms with Crippen molar-refractivity contribution in [1.82, 2.24) is 9.97 Å². The van der Waals surface area contributed by atoms with E-state index in [0.29, 0.717) is 25.5 Å². The number of hydrogen-bond acceptors (Lipinski definition) is 4. The van der Waals surface area contributed by atoms with Crippen molar-refractivity contribution in [3.63, 3.8) is 0 Å². The third-order valence-corrected chi connectivity index (χ3v) is 2.66. The first-order valence-electron chi connectivity index (χ1n) is 5.31. The summed E-state index contributed by atoms with van der Waals surface area (Å²) in [4.78, 5) is 19.3. The van der Waals surface area contributed by atoms with E-state index in [1.165, 1.54) is 0 Å². The first-order valence-corrected chi connectivity index (χ1v) is 5.31. The number of carboxylic acid groups (broad SMARTS) is 1. The van der Waals surface area contributed by atoms with E-state index in [2.05, 4.69) is 9.97 Å². The Morgan fingerprint density at radius 1 is 1.69 bits per heavy atom. The third-order valence-electron chi connectivity index (χ3n) is 2.66. The average molecular weight is 222 g/mol. The largest absolute Gasteiger partial charge is 0.481 e. The van der Waals surface area contributed by atoms with Crippen molar-refractivity contribution in [2.45, 2.75) is 26.4 Å². The number of hydrogen-bond donors (Lipinski definition) is 1. The lowest BCUT2D eigenvalue weighted by atomic mass is 10.1. The Labute approximate surface area is 93.5 Å². The van der Waals surface area contributed by atoms with Crippen molar-refractivity contribution in [2.24, 2.45) is 5.92 Å². The molecule has 1 aromatic rings. The smallest absolute Gasteiger partial charge is 0.306 e. The molecule has 0 radical (unpaired) electrons. The fourth-order valence-electron chi connectivity index (χ4n) is 1.63. The topological polar surface area (TPSA) is 72.3 Å². The highest BCUT2D eigenvalue weighted by molar-refractivity contribution is 5.69. The molecule has 5 heteroatoms. The van der Waals surface area contributed by atoms with Gasteiger partial charge >= 0.3 is 5.97 Å². The van der Waals surface area contributed by atoms with Crippen LogP contribution in [0.15, 0.2) is 6.20 Å². The van der Waals surface area contributed by atoms with Gasteiger partial charge < -0.3 is 9.84 Å². The molecule has 5 nitrogen and oxygen atoms in total. The minimum Gasteiger partial charge on any atom is -0.481 e. The number of ether oxygens (including phenoxy) is 1. The highest BCUT2D eigenvalue weighted by Gasteiger charge is 2.16. The van der Waals surface area contributed by atoms with Crippen LogP contribution >= 0.6 is 0 Å². The van der Waals surface area contributed by atoms with Crippen LogP contribution in [0.5, 0.6) is 0 Å². The minimum atomic E-state index is -0.815. The SMILES string of the molecule is CC(Cc1ncc2c(n1)CCOC2)C(=O)O. The predicted molar refractivity (Wildman–Crippen MR) is 55.9 cm³/mol. The lowest BCUT2D eigenvalue weighted by Gasteiger charge is -2.15. The molecule has 0 bridgehead atoms. The highest BCUT2D eigenvalue weighted by Crippen LogP contribution is 2.14. The number of carboxylic acids is 1. The number of aromatic nitrogens is 2. The van der Waals surface area contributed by atoms with Gasteiger partial charge in [-0.05, 0) is 0 Å². The van der Waals surface area contributed by atoms with Crippen LogP contribution in [0.1, 0.15) is 24.0 Å². The second-order valence-electron chi connectivity index (χ2n) is 4.00. The van der Waals surface area contributed by atoms with Gasteiger partial charge in [-0.3, -0.25) is 4.79 Å². The highest BCUT2D eigenvalue weighted by atomic mass is 16.5. The van der Waals surface area contributed by atoms with Crippen LogP contribution in [-0.4, -0.2) is 27.7 Å². The monoisotopic (exact) mass is 222 g/mol. The van der Waals surface area contributed by atoms with Gasteiger partial charge in [0.25, 0.3) is 0 Å². The normalized spacial score (nSPS) is 16.6. The van der Waals surface area contributed by atoms with Gasteiger partial charge in [-0.25, -0.2) is 9.97 Å². The molecule has 1 unspecified atom stereocenters. The van der Waals surface area contributed by atoms with E-state index < -0.39 is 11.9 Å². The zero-order valence-corrected chi connectivity index (χ0v) is 9.14. The quantitative estimate of drug-likeness (QED) is 0.819. The maximum Gasteiger partial charge on any atom is 0.306 e. The lowest BCUT2D eigenvalue weighted by Crippen LogP contribution is -2.17. The zero-order chi connectivity index (χ0) is 11.5. The zero-order valence-electron chi connectivity index (χ0n) is 9.14. The van der Waals surface area contributed by atoms with Gasteiger partial charge in [0.15, 0.2) is 0 Å².